The van der Waals surface area contributed by atoms with Gasteiger partial charge in [0.25, 0.3) is 15.9 Å². The van der Waals surface area contributed by atoms with Crippen molar-refractivity contribution in [1.82, 2.24) is 10.2 Å². The molecule has 0 spiro atoms. The molecule has 0 unspecified atom stereocenters. The van der Waals surface area contributed by atoms with Gasteiger partial charge >= 0.3 is 0 Å². The molecule has 8 nitrogen and oxygen atoms in total. The van der Waals surface area contributed by atoms with E-state index in [1.165, 1.54) is 22.5 Å². The number of rotatable bonds is 7. The van der Waals surface area contributed by atoms with Crippen molar-refractivity contribution >= 4 is 33.2 Å². The summed E-state index contributed by atoms with van der Waals surface area (Å²) in [5.74, 6) is -0.116. The van der Waals surface area contributed by atoms with E-state index >= 15 is 0 Å². The third-order valence-corrected chi connectivity index (χ3v) is 8.41. The number of sulfonamides is 1. The number of anilines is 1. The van der Waals surface area contributed by atoms with Crippen LogP contribution in [-0.4, -0.2) is 58.2 Å². The highest BCUT2D eigenvalue weighted by atomic mass is 35.5. The van der Waals surface area contributed by atoms with Crippen molar-refractivity contribution in [3.63, 3.8) is 0 Å². The number of nitrogens with zero attached hydrogens (tertiary/aromatic N) is 2. The van der Waals surface area contributed by atoms with Crippen molar-refractivity contribution in [2.45, 2.75) is 24.1 Å². The summed E-state index contributed by atoms with van der Waals surface area (Å²) in [5.41, 5.74) is 2.42. The monoisotopic (exact) mass is 541 g/mol. The summed E-state index contributed by atoms with van der Waals surface area (Å²) in [4.78, 5) is 15.6. The van der Waals surface area contributed by atoms with Crippen molar-refractivity contribution in [3.8, 4) is 5.75 Å². The number of hydrogen-bond donors (Lipinski definition) is 1. The molecule has 0 aliphatic carbocycles. The summed E-state index contributed by atoms with van der Waals surface area (Å²) < 4.78 is 39.5. The predicted octanol–water partition coefficient (Wildman–Crippen LogP) is 3.44. The average molecular weight is 542 g/mol. The average Bonchev–Trinajstić information content (AvgIpc) is 2.92. The van der Waals surface area contributed by atoms with E-state index in [0.717, 1.165) is 44.0 Å². The number of amides is 1. The van der Waals surface area contributed by atoms with Crippen LogP contribution in [0.2, 0.25) is 5.02 Å². The zero-order chi connectivity index (χ0) is 25.8. The maximum Gasteiger partial charge on any atom is 0.264 e. The molecular weight excluding hydrogens is 514 g/mol. The fourth-order valence-electron chi connectivity index (χ4n) is 4.47. The molecule has 2 aliphatic heterocycles. The number of halogens is 1. The van der Waals surface area contributed by atoms with Crippen LogP contribution in [0.5, 0.6) is 5.75 Å². The summed E-state index contributed by atoms with van der Waals surface area (Å²) in [6, 6.07) is 20.9. The van der Waals surface area contributed by atoms with E-state index in [1.54, 1.807) is 30.3 Å². The number of carbonyl (C=O) groups is 1. The van der Waals surface area contributed by atoms with Gasteiger partial charge in [-0.15, -0.1) is 0 Å². The maximum atomic E-state index is 13.5. The molecule has 37 heavy (non-hydrogen) atoms. The summed E-state index contributed by atoms with van der Waals surface area (Å²) in [5, 5.41) is 3.28. The van der Waals surface area contributed by atoms with E-state index in [1.807, 2.05) is 12.1 Å². The van der Waals surface area contributed by atoms with Gasteiger partial charge in [-0.2, -0.15) is 0 Å². The molecule has 1 saturated heterocycles. The Morgan fingerprint density at radius 2 is 1.73 bits per heavy atom. The first-order valence-corrected chi connectivity index (χ1v) is 13.9. The lowest BCUT2D eigenvalue weighted by Gasteiger charge is -2.34. The first kappa shape index (κ1) is 25.5. The van der Waals surface area contributed by atoms with Crippen molar-refractivity contribution < 1.29 is 22.7 Å². The highest BCUT2D eigenvalue weighted by molar-refractivity contribution is 7.92. The molecule has 3 aromatic rings. The first-order valence-electron chi connectivity index (χ1n) is 12.1. The van der Waals surface area contributed by atoms with E-state index in [2.05, 4.69) is 22.3 Å². The zero-order valence-corrected chi connectivity index (χ0v) is 21.7. The molecule has 1 fully saturated rings. The van der Waals surface area contributed by atoms with Crippen LogP contribution in [0.15, 0.2) is 77.7 Å². The first-order chi connectivity index (χ1) is 17.9. The van der Waals surface area contributed by atoms with Crippen LogP contribution < -0.4 is 14.4 Å². The van der Waals surface area contributed by atoms with E-state index in [9.17, 15) is 13.2 Å². The standard InChI is InChI=1S/C27H28ClN3O5S/c28-22-9-10-25-24(16-22)31(37(33,34)23-7-2-1-3-8-23)19-26(36-25)27(32)29-17-20-5-4-6-21(15-20)18-30-11-13-35-14-12-30/h1-10,15-16,26H,11-14,17-19H2,(H,29,32)/t26-/m1/s1. The normalized spacial score (nSPS) is 18.1. The van der Waals surface area contributed by atoms with E-state index in [-0.39, 0.29) is 17.2 Å². The minimum absolute atomic E-state index is 0.124. The Kier molecular flexibility index (Phi) is 7.66. The summed E-state index contributed by atoms with van der Waals surface area (Å²) in [6.07, 6.45) is -1.02. The van der Waals surface area contributed by atoms with Crippen LogP contribution in [0.25, 0.3) is 0 Å². The number of nitrogens with one attached hydrogen (secondary N) is 1. The van der Waals surface area contributed by atoms with E-state index in [4.69, 9.17) is 21.1 Å². The molecule has 2 heterocycles. The van der Waals surface area contributed by atoms with Crippen LogP contribution in [0.3, 0.4) is 0 Å². The lowest BCUT2D eigenvalue weighted by Crippen LogP contribution is -2.50. The molecule has 0 bridgehead atoms. The summed E-state index contributed by atoms with van der Waals surface area (Å²) >= 11 is 6.16. The van der Waals surface area contributed by atoms with Gasteiger partial charge in [0.1, 0.15) is 5.75 Å². The number of carbonyl (C=O) groups excluding carboxylic acids is 1. The number of ether oxygens (including phenoxy) is 2. The Morgan fingerprint density at radius 1 is 0.973 bits per heavy atom. The molecular formula is C27H28ClN3O5S. The molecule has 0 aromatic heterocycles. The van der Waals surface area contributed by atoms with E-state index < -0.39 is 22.0 Å². The highest BCUT2D eigenvalue weighted by Crippen LogP contribution is 2.38. The Bertz CT molecular complexity index is 1360. The highest BCUT2D eigenvalue weighted by Gasteiger charge is 2.37. The Labute approximate surface area is 221 Å². The number of morpholine rings is 1. The molecule has 0 radical (unpaired) electrons. The Balaban J connectivity index is 1.30. The smallest absolute Gasteiger partial charge is 0.264 e. The van der Waals surface area contributed by atoms with Gasteiger partial charge in [-0.3, -0.25) is 14.0 Å². The second-order valence-electron chi connectivity index (χ2n) is 8.99. The lowest BCUT2D eigenvalue weighted by atomic mass is 10.1. The second-order valence-corrected chi connectivity index (χ2v) is 11.3. The third kappa shape index (κ3) is 5.91. The van der Waals surface area contributed by atoms with Crippen molar-refractivity contribution in [3.05, 3.63) is 88.9 Å². The number of benzene rings is 3. The Hall–Kier alpha value is -3.11. The molecule has 10 heteroatoms. The molecule has 194 valence electrons. The number of hydrogen-bond acceptors (Lipinski definition) is 6. The fourth-order valence-corrected chi connectivity index (χ4v) is 6.12. The van der Waals surface area contributed by atoms with Crippen LogP contribution in [0.4, 0.5) is 5.69 Å². The van der Waals surface area contributed by atoms with Gasteiger partial charge in [0.15, 0.2) is 6.10 Å². The van der Waals surface area contributed by atoms with Crippen molar-refractivity contribution in [2.75, 3.05) is 37.2 Å². The maximum absolute atomic E-state index is 13.5. The van der Waals surface area contributed by atoms with Crippen molar-refractivity contribution in [1.29, 1.82) is 0 Å². The molecule has 2 aliphatic rings. The minimum Gasteiger partial charge on any atom is -0.476 e. The van der Waals surface area contributed by atoms with Crippen LogP contribution in [0.1, 0.15) is 11.1 Å². The predicted molar refractivity (Wildman–Crippen MR) is 141 cm³/mol. The van der Waals surface area contributed by atoms with E-state index in [0.29, 0.717) is 17.3 Å². The van der Waals surface area contributed by atoms with Gasteiger partial charge in [0.2, 0.25) is 0 Å². The largest absolute Gasteiger partial charge is 0.476 e. The topological polar surface area (TPSA) is 88.2 Å². The second kappa shape index (κ2) is 11.1. The molecule has 5 rings (SSSR count). The molecule has 1 amide bonds. The van der Waals surface area contributed by atoms with Crippen LogP contribution in [0, 0.1) is 0 Å². The van der Waals surface area contributed by atoms with Gasteiger partial charge in [0.05, 0.1) is 30.3 Å². The summed E-state index contributed by atoms with van der Waals surface area (Å²) in [7, 11) is -3.94. The lowest BCUT2D eigenvalue weighted by molar-refractivity contribution is -0.127. The van der Waals surface area contributed by atoms with Crippen LogP contribution >= 0.6 is 11.6 Å². The van der Waals surface area contributed by atoms with Gasteiger partial charge in [-0.25, -0.2) is 8.42 Å². The van der Waals surface area contributed by atoms with Gasteiger partial charge in [-0.1, -0.05) is 54.1 Å². The van der Waals surface area contributed by atoms with Gasteiger partial charge in [0, 0.05) is 31.2 Å². The molecule has 3 aromatic carbocycles. The quantitative estimate of drug-likeness (QED) is 0.493. The fraction of sp³-hybridized carbons (Fsp3) is 0.296. The van der Waals surface area contributed by atoms with Gasteiger partial charge < -0.3 is 14.8 Å². The molecule has 0 saturated carbocycles. The van der Waals surface area contributed by atoms with Crippen LogP contribution in [-0.2, 0) is 32.6 Å². The SMILES string of the molecule is O=C(NCc1cccc(CN2CCOCC2)c1)[C@H]1CN(S(=O)(=O)c2ccccc2)c2cc(Cl)ccc2O1. The minimum atomic E-state index is -3.94. The van der Waals surface area contributed by atoms with Crippen molar-refractivity contribution in [2.24, 2.45) is 0 Å². The third-order valence-electron chi connectivity index (χ3n) is 6.38. The molecule has 1 N–H and O–H groups in total. The molecule has 1 atom stereocenters. The number of fused-ring (bicyclic) bond motifs is 1. The zero-order valence-electron chi connectivity index (χ0n) is 20.2. The Morgan fingerprint density at radius 3 is 2.51 bits per heavy atom. The van der Waals surface area contributed by atoms with Gasteiger partial charge in [-0.05, 0) is 41.5 Å². The summed E-state index contributed by atoms with van der Waals surface area (Å²) in [6.45, 7) is 4.22.